The second kappa shape index (κ2) is 10.0. The molecule has 2 heteroatoms. The van der Waals surface area contributed by atoms with E-state index >= 15 is 0 Å². The maximum Gasteiger partial charge on any atom is 0.126 e. The summed E-state index contributed by atoms with van der Waals surface area (Å²) in [6.07, 6.45) is 8.90. The van der Waals surface area contributed by atoms with Gasteiger partial charge < -0.3 is 9.64 Å². The number of nitrogens with zero attached hydrogens (tertiary/aromatic N) is 1. The van der Waals surface area contributed by atoms with Crippen LogP contribution < -0.4 is 4.74 Å². The molecule has 24 heavy (non-hydrogen) atoms. The summed E-state index contributed by atoms with van der Waals surface area (Å²) in [6.45, 7) is 11.9. The van der Waals surface area contributed by atoms with Crippen LogP contribution in [0, 0.1) is 6.92 Å². The number of hydrogen-bond acceptors (Lipinski definition) is 2. The minimum atomic E-state index is 0.931. The van der Waals surface area contributed by atoms with Crippen molar-refractivity contribution >= 4 is 5.57 Å². The SMILES string of the molecule is CCCN(C)C(/C=C(\C)CC)=C/C=C(\C)c1ccc(C)cc1OC. The van der Waals surface area contributed by atoms with Crippen molar-refractivity contribution in [3.05, 3.63) is 58.8 Å². The van der Waals surface area contributed by atoms with Gasteiger partial charge in [0.15, 0.2) is 0 Å². The van der Waals surface area contributed by atoms with Crippen molar-refractivity contribution in [3.8, 4) is 5.75 Å². The first-order chi connectivity index (χ1) is 11.4. The molecule has 0 aromatic heterocycles. The molecule has 1 aromatic rings. The van der Waals surface area contributed by atoms with Crippen molar-refractivity contribution in [3.63, 3.8) is 0 Å². The summed E-state index contributed by atoms with van der Waals surface area (Å²) < 4.78 is 5.54. The van der Waals surface area contributed by atoms with Crippen LogP contribution in [0.25, 0.3) is 5.57 Å². The van der Waals surface area contributed by atoms with E-state index < -0.39 is 0 Å². The Balaban J connectivity index is 3.20. The molecule has 2 nitrogen and oxygen atoms in total. The average molecular weight is 328 g/mol. The number of methoxy groups -OCH3 is 1. The van der Waals surface area contributed by atoms with Gasteiger partial charge in [0.2, 0.25) is 0 Å². The van der Waals surface area contributed by atoms with Gasteiger partial charge in [-0.15, -0.1) is 0 Å². The minimum Gasteiger partial charge on any atom is -0.496 e. The Morgan fingerprint density at radius 3 is 2.46 bits per heavy atom. The predicted octanol–water partition coefficient (Wildman–Crippen LogP) is 5.99. The molecule has 0 aliphatic rings. The third-order valence-electron chi connectivity index (χ3n) is 4.24. The Morgan fingerprint density at radius 2 is 1.88 bits per heavy atom. The molecule has 0 heterocycles. The van der Waals surface area contributed by atoms with E-state index in [-0.39, 0.29) is 0 Å². The van der Waals surface area contributed by atoms with Gasteiger partial charge in [-0.25, -0.2) is 0 Å². The van der Waals surface area contributed by atoms with E-state index in [9.17, 15) is 0 Å². The van der Waals surface area contributed by atoms with Crippen molar-refractivity contribution in [2.24, 2.45) is 0 Å². The zero-order chi connectivity index (χ0) is 18.1. The maximum absolute atomic E-state index is 5.54. The zero-order valence-electron chi connectivity index (χ0n) is 16.4. The Hall–Kier alpha value is -1.96. The summed E-state index contributed by atoms with van der Waals surface area (Å²) in [4.78, 5) is 2.31. The molecule has 0 spiro atoms. The molecule has 1 rings (SSSR count). The summed E-state index contributed by atoms with van der Waals surface area (Å²) in [6, 6.07) is 6.35. The van der Waals surface area contributed by atoms with Crippen molar-refractivity contribution < 1.29 is 4.74 Å². The highest BCUT2D eigenvalue weighted by Crippen LogP contribution is 2.27. The van der Waals surface area contributed by atoms with Crippen LogP contribution in [0.15, 0.2) is 47.7 Å². The van der Waals surface area contributed by atoms with E-state index in [1.165, 1.54) is 22.4 Å². The second-order valence-electron chi connectivity index (χ2n) is 6.41. The van der Waals surface area contributed by atoms with E-state index in [1.54, 1.807) is 7.11 Å². The highest BCUT2D eigenvalue weighted by atomic mass is 16.5. The molecule has 0 amide bonds. The van der Waals surface area contributed by atoms with Crippen LogP contribution in [-0.2, 0) is 0 Å². The minimum absolute atomic E-state index is 0.931. The van der Waals surface area contributed by atoms with Crippen LogP contribution in [0.1, 0.15) is 51.7 Å². The smallest absolute Gasteiger partial charge is 0.126 e. The number of likely N-dealkylation sites (N-methyl/N-ethyl adjacent to an activating group) is 1. The van der Waals surface area contributed by atoms with Gasteiger partial charge in [0.05, 0.1) is 7.11 Å². The Labute approximate surface area is 148 Å². The van der Waals surface area contributed by atoms with E-state index in [4.69, 9.17) is 4.74 Å². The monoisotopic (exact) mass is 327 g/mol. The van der Waals surface area contributed by atoms with Crippen LogP contribution in [0.3, 0.4) is 0 Å². The van der Waals surface area contributed by atoms with E-state index in [1.807, 2.05) is 0 Å². The summed E-state index contributed by atoms with van der Waals surface area (Å²) in [5.41, 5.74) is 6.21. The van der Waals surface area contributed by atoms with Crippen LogP contribution >= 0.6 is 0 Å². The van der Waals surface area contributed by atoms with Crippen molar-refractivity contribution in [2.45, 2.75) is 47.5 Å². The highest BCUT2D eigenvalue weighted by molar-refractivity contribution is 5.70. The average Bonchev–Trinajstić information content (AvgIpc) is 2.57. The van der Waals surface area contributed by atoms with Gasteiger partial charge in [0.25, 0.3) is 0 Å². The van der Waals surface area contributed by atoms with Gasteiger partial charge in [-0.2, -0.15) is 0 Å². The van der Waals surface area contributed by atoms with Crippen molar-refractivity contribution in [1.29, 1.82) is 0 Å². The summed E-state index contributed by atoms with van der Waals surface area (Å²) in [7, 11) is 3.89. The molecule has 0 radical (unpaired) electrons. The van der Waals surface area contributed by atoms with E-state index in [2.05, 4.69) is 83.0 Å². The lowest BCUT2D eigenvalue weighted by molar-refractivity contribution is 0.413. The number of ether oxygens (including phenoxy) is 1. The molecule has 0 aliphatic heterocycles. The van der Waals surface area contributed by atoms with Gasteiger partial charge in [-0.1, -0.05) is 37.6 Å². The molecule has 0 saturated carbocycles. The number of hydrogen-bond donors (Lipinski definition) is 0. The molecule has 0 fully saturated rings. The third kappa shape index (κ3) is 5.92. The van der Waals surface area contributed by atoms with Gasteiger partial charge in [-0.3, -0.25) is 0 Å². The fraction of sp³-hybridized carbons (Fsp3) is 0.455. The summed E-state index contributed by atoms with van der Waals surface area (Å²) in [5, 5.41) is 0. The second-order valence-corrected chi connectivity index (χ2v) is 6.41. The topological polar surface area (TPSA) is 12.5 Å². The Morgan fingerprint density at radius 1 is 1.17 bits per heavy atom. The van der Waals surface area contributed by atoms with Crippen LogP contribution in [0.4, 0.5) is 0 Å². The lowest BCUT2D eigenvalue weighted by Crippen LogP contribution is -2.17. The molecule has 0 saturated heterocycles. The fourth-order valence-electron chi connectivity index (χ4n) is 2.53. The van der Waals surface area contributed by atoms with Crippen molar-refractivity contribution in [2.75, 3.05) is 20.7 Å². The van der Waals surface area contributed by atoms with E-state index in [0.717, 1.165) is 30.7 Å². The largest absolute Gasteiger partial charge is 0.496 e. The van der Waals surface area contributed by atoms with Crippen molar-refractivity contribution in [1.82, 2.24) is 4.90 Å². The molecule has 132 valence electrons. The first-order valence-corrected chi connectivity index (χ1v) is 8.84. The first-order valence-electron chi connectivity index (χ1n) is 8.84. The van der Waals surface area contributed by atoms with Crippen LogP contribution in [0.5, 0.6) is 5.75 Å². The summed E-state index contributed by atoms with van der Waals surface area (Å²) >= 11 is 0. The standard InChI is InChI=1S/C22H33NO/c1-8-14-23(6)20(15-17(3)9-2)12-11-19(5)21-13-10-18(4)16-22(21)24-7/h10-13,15-16H,8-9,14H2,1-7H3/b17-15+,19-11+,20-12+. The molecule has 0 bridgehead atoms. The van der Waals surface area contributed by atoms with Gasteiger partial charge in [0.1, 0.15) is 5.75 Å². The Bertz CT molecular complexity index is 623. The first kappa shape index (κ1) is 20.1. The lowest BCUT2D eigenvalue weighted by atomic mass is 10.0. The summed E-state index contributed by atoms with van der Waals surface area (Å²) in [5.74, 6) is 0.931. The third-order valence-corrected chi connectivity index (χ3v) is 4.24. The quantitative estimate of drug-likeness (QED) is 0.544. The van der Waals surface area contributed by atoms with Crippen LogP contribution in [0.2, 0.25) is 0 Å². The molecule has 0 unspecified atom stereocenters. The fourth-order valence-corrected chi connectivity index (χ4v) is 2.53. The predicted molar refractivity (Wildman–Crippen MR) is 106 cm³/mol. The van der Waals surface area contributed by atoms with Gasteiger partial charge >= 0.3 is 0 Å². The number of benzene rings is 1. The van der Waals surface area contributed by atoms with Crippen LogP contribution in [-0.4, -0.2) is 25.6 Å². The van der Waals surface area contributed by atoms with Gasteiger partial charge in [-0.05, 0) is 63.0 Å². The number of allylic oxidation sites excluding steroid dienone is 5. The maximum atomic E-state index is 5.54. The molecule has 0 atom stereocenters. The van der Waals surface area contributed by atoms with E-state index in [0.29, 0.717) is 0 Å². The molecule has 0 N–H and O–H groups in total. The normalized spacial score (nSPS) is 13.2. The molecule has 1 aromatic carbocycles. The van der Waals surface area contributed by atoms with Gasteiger partial charge in [0, 0.05) is 24.9 Å². The number of rotatable bonds is 8. The number of aryl methyl sites for hydroxylation is 1. The highest BCUT2D eigenvalue weighted by Gasteiger charge is 2.05. The molecular formula is C22H33NO. The Kier molecular flexibility index (Phi) is 8.39. The molecular weight excluding hydrogens is 294 g/mol. The molecule has 0 aliphatic carbocycles. The zero-order valence-corrected chi connectivity index (χ0v) is 16.4. The lowest BCUT2D eigenvalue weighted by Gasteiger charge is -2.20.